The van der Waals surface area contributed by atoms with Crippen molar-refractivity contribution in [1.82, 2.24) is 0 Å². The summed E-state index contributed by atoms with van der Waals surface area (Å²) >= 11 is 0. The monoisotopic (exact) mass is 242 g/mol. The molecule has 0 saturated heterocycles. The van der Waals surface area contributed by atoms with Crippen LogP contribution in [0.5, 0.6) is 0 Å². The van der Waals surface area contributed by atoms with E-state index >= 15 is 0 Å². The zero-order valence-corrected chi connectivity index (χ0v) is 11.4. The van der Waals surface area contributed by atoms with E-state index < -0.39 is 5.66 Å². The summed E-state index contributed by atoms with van der Waals surface area (Å²) < 4.78 is 0. The Kier molecular flexibility index (Phi) is 10.5. The molecule has 3 nitrogen and oxygen atoms in total. The van der Waals surface area contributed by atoms with Crippen LogP contribution in [0.15, 0.2) is 0 Å². The lowest BCUT2D eigenvalue weighted by molar-refractivity contribution is -0.108. The molecule has 0 saturated carbocycles. The SMILES string of the molecule is CCCCCCCCCC(N)(N)CCCC=O. The van der Waals surface area contributed by atoms with Crippen molar-refractivity contribution in [3.05, 3.63) is 0 Å². The van der Waals surface area contributed by atoms with Gasteiger partial charge in [-0.05, 0) is 19.3 Å². The molecule has 0 aliphatic heterocycles. The van der Waals surface area contributed by atoms with E-state index in [1.54, 1.807) is 0 Å². The molecule has 3 heteroatoms. The number of carbonyl (C=O) groups is 1. The van der Waals surface area contributed by atoms with E-state index in [1.165, 1.54) is 38.5 Å². The van der Waals surface area contributed by atoms with Gasteiger partial charge in [-0.1, -0.05) is 51.9 Å². The summed E-state index contributed by atoms with van der Waals surface area (Å²) in [7, 11) is 0. The van der Waals surface area contributed by atoms with Gasteiger partial charge in [-0.15, -0.1) is 0 Å². The van der Waals surface area contributed by atoms with Gasteiger partial charge in [0, 0.05) is 6.42 Å². The summed E-state index contributed by atoms with van der Waals surface area (Å²) in [6.45, 7) is 2.23. The van der Waals surface area contributed by atoms with Crippen LogP contribution in [0, 0.1) is 0 Å². The van der Waals surface area contributed by atoms with Crippen molar-refractivity contribution in [2.24, 2.45) is 11.5 Å². The molecule has 0 bridgehead atoms. The van der Waals surface area contributed by atoms with Crippen molar-refractivity contribution in [2.45, 2.75) is 83.2 Å². The first kappa shape index (κ1) is 16.6. The zero-order valence-electron chi connectivity index (χ0n) is 11.4. The van der Waals surface area contributed by atoms with Crippen molar-refractivity contribution in [2.75, 3.05) is 0 Å². The third-order valence-corrected chi connectivity index (χ3v) is 3.21. The van der Waals surface area contributed by atoms with E-state index in [1.807, 2.05) is 0 Å². The van der Waals surface area contributed by atoms with Crippen LogP contribution in [0.3, 0.4) is 0 Å². The van der Waals surface area contributed by atoms with E-state index in [-0.39, 0.29) is 0 Å². The summed E-state index contributed by atoms with van der Waals surface area (Å²) in [5.74, 6) is 0. The number of rotatable bonds is 12. The van der Waals surface area contributed by atoms with Gasteiger partial charge in [-0.2, -0.15) is 0 Å². The van der Waals surface area contributed by atoms with Gasteiger partial charge in [-0.3, -0.25) is 0 Å². The van der Waals surface area contributed by atoms with E-state index in [9.17, 15) is 4.79 Å². The molecule has 0 fully saturated rings. The fraction of sp³-hybridized carbons (Fsp3) is 0.929. The minimum Gasteiger partial charge on any atom is -0.313 e. The van der Waals surface area contributed by atoms with Gasteiger partial charge in [0.2, 0.25) is 0 Å². The van der Waals surface area contributed by atoms with E-state index in [0.29, 0.717) is 6.42 Å². The van der Waals surface area contributed by atoms with Crippen LogP contribution in [-0.4, -0.2) is 11.9 Å². The largest absolute Gasteiger partial charge is 0.313 e. The van der Waals surface area contributed by atoms with Gasteiger partial charge in [-0.25, -0.2) is 0 Å². The second kappa shape index (κ2) is 10.7. The maximum Gasteiger partial charge on any atom is 0.119 e. The van der Waals surface area contributed by atoms with E-state index in [0.717, 1.165) is 32.0 Å². The van der Waals surface area contributed by atoms with Crippen LogP contribution in [0.1, 0.15) is 77.6 Å². The van der Waals surface area contributed by atoms with Crippen molar-refractivity contribution < 1.29 is 4.79 Å². The quantitative estimate of drug-likeness (QED) is 0.314. The molecule has 0 aromatic rings. The van der Waals surface area contributed by atoms with Crippen LogP contribution in [0.4, 0.5) is 0 Å². The number of unbranched alkanes of at least 4 members (excludes halogenated alkanes) is 7. The highest BCUT2D eigenvalue weighted by atomic mass is 16.1. The van der Waals surface area contributed by atoms with Gasteiger partial charge < -0.3 is 16.3 Å². The van der Waals surface area contributed by atoms with Crippen LogP contribution < -0.4 is 11.5 Å². The van der Waals surface area contributed by atoms with Crippen LogP contribution in [0.25, 0.3) is 0 Å². The third kappa shape index (κ3) is 11.8. The molecule has 0 spiro atoms. The Hall–Kier alpha value is -0.410. The van der Waals surface area contributed by atoms with Gasteiger partial charge in [0.25, 0.3) is 0 Å². The highest BCUT2D eigenvalue weighted by molar-refractivity contribution is 5.48. The highest BCUT2D eigenvalue weighted by Gasteiger charge is 2.17. The maximum absolute atomic E-state index is 10.2. The third-order valence-electron chi connectivity index (χ3n) is 3.21. The number of aldehydes is 1. The molecule has 102 valence electrons. The molecule has 0 aliphatic carbocycles. The maximum atomic E-state index is 10.2. The summed E-state index contributed by atoms with van der Waals surface area (Å²) in [5, 5.41) is 0. The first-order valence-corrected chi connectivity index (χ1v) is 7.14. The molecule has 0 aromatic heterocycles. The normalized spacial score (nSPS) is 11.7. The first-order chi connectivity index (χ1) is 8.12. The van der Waals surface area contributed by atoms with Crippen LogP contribution in [0.2, 0.25) is 0 Å². The summed E-state index contributed by atoms with van der Waals surface area (Å²) in [4.78, 5) is 10.2. The standard InChI is InChI=1S/C14H30N2O/c1-2-3-4-5-6-7-8-11-14(15,16)12-9-10-13-17/h13H,2-12,15-16H2,1H3. The number of hydrogen-bond donors (Lipinski definition) is 2. The lowest BCUT2D eigenvalue weighted by Gasteiger charge is -2.24. The predicted molar refractivity (Wildman–Crippen MR) is 73.6 cm³/mol. The molecule has 0 heterocycles. The van der Waals surface area contributed by atoms with Crippen molar-refractivity contribution >= 4 is 6.29 Å². The Morgan fingerprint density at radius 2 is 1.41 bits per heavy atom. The minimum absolute atomic E-state index is 0.563. The second-order valence-corrected chi connectivity index (χ2v) is 5.16. The average Bonchev–Trinajstić information content (AvgIpc) is 2.28. The van der Waals surface area contributed by atoms with Crippen LogP contribution in [-0.2, 0) is 4.79 Å². The summed E-state index contributed by atoms with van der Waals surface area (Å²) in [5.41, 5.74) is 11.4. The smallest absolute Gasteiger partial charge is 0.119 e. The van der Waals surface area contributed by atoms with Crippen molar-refractivity contribution in [3.63, 3.8) is 0 Å². The molecular weight excluding hydrogens is 212 g/mol. The fourth-order valence-electron chi connectivity index (χ4n) is 2.05. The lowest BCUT2D eigenvalue weighted by Crippen LogP contribution is -2.49. The highest BCUT2D eigenvalue weighted by Crippen LogP contribution is 2.15. The molecular formula is C14H30N2O. The summed E-state index contributed by atoms with van der Waals surface area (Å²) in [6.07, 6.45) is 12.9. The summed E-state index contributed by atoms with van der Waals surface area (Å²) in [6, 6.07) is 0. The molecule has 17 heavy (non-hydrogen) atoms. The Morgan fingerprint density at radius 3 is 2.00 bits per heavy atom. The Bertz CT molecular complexity index is 181. The fourth-order valence-corrected chi connectivity index (χ4v) is 2.05. The Morgan fingerprint density at radius 1 is 0.882 bits per heavy atom. The van der Waals surface area contributed by atoms with Gasteiger partial charge in [0.15, 0.2) is 0 Å². The Labute approximate surface area is 106 Å². The van der Waals surface area contributed by atoms with E-state index in [4.69, 9.17) is 11.5 Å². The lowest BCUT2D eigenvalue weighted by atomic mass is 9.97. The van der Waals surface area contributed by atoms with Gasteiger partial charge in [0.1, 0.15) is 6.29 Å². The van der Waals surface area contributed by atoms with Crippen LogP contribution >= 0.6 is 0 Å². The average molecular weight is 242 g/mol. The van der Waals surface area contributed by atoms with Gasteiger partial charge >= 0.3 is 0 Å². The van der Waals surface area contributed by atoms with Crippen molar-refractivity contribution in [3.8, 4) is 0 Å². The molecule has 0 radical (unpaired) electrons. The molecule has 0 atom stereocenters. The second-order valence-electron chi connectivity index (χ2n) is 5.16. The van der Waals surface area contributed by atoms with E-state index in [2.05, 4.69) is 6.92 Å². The first-order valence-electron chi connectivity index (χ1n) is 7.14. The Balaban J connectivity index is 3.35. The minimum atomic E-state index is -0.563. The van der Waals surface area contributed by atoms with Crippen molar-refractivity contribution in [1.29, 1.82) is 0 Å². The molecule has 0 amide bonds. The molecule has 0 rings (SSSR count). The zero-order chi connectivity index (χ0) is 13.0. The molecule has 4 N–H and O–H groups in total. The topological polar surface area (TPSA) is 69.1 Å². The van der Waals surface area contributed by atoms with Gasteiger partial charge in [0.05, 0.1) is 5.66 Å². The predicted octanol–water partition coefficient (Wildman–Crippen LogP) is 3.11. The number of nitrogens with two attached hydrogens (primary N) is 2. The number of carbonyl (C=O) groups excluding carboxylic acids is 1. The molecule has 0 aromatic carbocycles. The molecule has 0 aliphatic rings. The molecule has 0 unspecified atom stereocenters. The number of hydrogen-bond acceptors (Lipinski definition) is 3.